The van der Waals surface area contributed by atoms with Gasteiger partial charge in [-0.25, -0.2) is 0 Å². The largest absolute Gasteiger partial charge is 0.493 e. The van der Waals surface area contributed by atoms with Crippen molar-refractivity contribution >= 4 is 11.6 Å². The summed E-state index contributed by atoms with van der Waals surface area (Å²) in [5.41, 5.74) is 1.15. The molecule has 0 aromatic heterocycles. The molecule has 2 fully saturated rings. The molecule has 3 rings (SSSR count). The van der Waals surface area contributed by atoms with E-state index in [1.165, 1.54) is 19.3 Å². The van der Waals surface area contributed by atoms with Gasteiger partial charge >= 0.3 is 0 Å². The molecule has 3 heteroatoms. The van der Waals surface area contributed by atoms with Gasteiger partial charge in [0, 0.05) is 0 Å². The predicted octanol–water partition coefficient (Wildman–Crippen LogP) is 4.03. The first-order valence-corrected chi connectivity index (χ1v) is 7.02. The predicted molar refractivity (Wildman–Crippen MR) is 72.5 cm³/mol. The standard InChI is InChI=1S/C15H19ClO2/c1-17-13-4-3-9(8-14(13)18-2)15(16)12-6-10-5-11(10)7-12/h3-4,8,10-12,15H,5-7H2,1-2H3. The molecule has 1 aromatic carbocycles. The van der Waals surface area contributed by atoms with Crippen LogP contribution in [-0.4, -0.2) is 14.2 Å². The number of ether oxygens (including phenoxy) is 2. The van der Waals surface area contributed by atoms with E-state index in [-0.39, 0.29) is 5.38 Å². The highest BCUT2D eigenvalue weighted by Gasteiger charge is 2.47. The molecule has 0 amide bonds. The van der Waals surface area contributed by atoms with Gasteiger partial charge in [-0.1, -0.05) is 6.07 Å². The maximum absolute atomic E-state index is 6.63. The lowest BCUT2D eigenvalue weighted by Gasteiger charge is -2.20. The van der Waals surface area contributed by atoms with Crippen LogP contribution in [0.25, 0.3) is 0 Å². The molecule has 2 nitrogen and oxygen atoms in total. The molecule has 1 aromatic rings. The SMILES string of the molecule is COc1ccc(C(Cl)C2CC3CC3C2)cc1OC. The van der Waals surface area contributed by atoms with Crippen LogP contribution in [0, 0.1) is 17.8 Å². The topological polar surface area (TPSA) is 18.5 Å². The first-order valence-electron chi connectivity index (χ1n) is 6.59. The third-order valence-electron chi connectivity index (χ3n) is 4.42. The lowest BCUT2D eigenvalue weighted by molar-refractivity contribution is 0.354. The lowest BCUT2D eigenvalue weighted by atomic mass is 9.94. The van der Waals surface area contributed by atoms with E-state index >= 15 is 0 Å². The Bertz CT molecular complexity index is 436. The Morgan fingerprint density at radius 3 is 2.33 bits per heavy atom. The molecule has 2 aliphatic carbocycles. The molecule has 0 saturated heterocycles. The first kappa shape index (κ1) is 12.2. The van der Waals surface area contributed by atoms with E-state index in [4.69, 9.17) is 21.1 Å². The summed E-state index contributed by atoms with van der Waals surface area (Å²) >= 11 is 6.63. The number of hydrogen-bond donors (Lipinski definition) is 0. The maximum Gasteiger partial charge on any atom is 0.161 e. The molecule has 3 unspecified atom stereocenters. The summed E-state index contributed by atoms with van der Waals surface area (Å²) in [5, 5.41) is 0.109. The molecule has 0 aliphatic heterocycles. The van der Waals surface area contributed by atoms with Crippen molar-refractivity contribution in [3.8, 4) is 11.5 Å². The summed E-state index contributed by atoms with van der Waals surface area (Å²) in [5.74, 6) is 4.10. The number of alkyl halides is 1. The van der Waals surface area contributed by atoms with Gasteiger partial charge < -0.3 is 9.47 Å². The van der Waals surface area contributed by atoms with Gasteiger partial charge in [0.05, 0.1) is 19.6 Å². The molecule has 18 heavy (non-hydrogen) atoms. The van der Waals surface area contributed by atoms with Crippen molar-refractivity contribution < 1.29 is 9.47 Å². The van der Waals surface area contributed by atoms with Gasteiger partial charge in [0.1, 0.15) is 0 Å². The Balaban J connectivity index is 1.78. The van der Waals surface area contributed by atoms with Crippen LogP contribution < -0.4 is 9.47 Å². The highest BCUT2D eigenvalue weighted by Crippen LogP contribution is 2.58. The molecule has 2 saturated carbocycles. The monoisotopic (exact) mass is 266 g/mol. The fraction of sp³-hybridized carbons (Fsp3) is 0.600. The summed E-state index contributed by atoms with van der Waals surface area (Å²) < 4.78 is 10.6. The Morgan fingerprint density at radius 2 is 1.72 bits per heavy atom. The van der Waals surface area contributed by atoms with Crippen molar-refractivity contribution in [1.82, 2.24) is 0 Å². The van der Waals surface area contributed by atoms with Gasteiger partial charge in [0.2, 0.25) is 0 Å². The summed E-state index contributed by atoms with van der Waals surface area (Å²) in [6.07, 6.45) is 4.03. The Kier molecular flexibility index (Phi) is 3.14. The highest BCUT2D eigenvalue weighted by atomic mass is 35.5. The minimum Gasteiger partial charge on any atom is -0.493 e. The second kappa shape index (κ2) is 4.65. The fourth-order valence-corrected chi connectivity index (χ4v) is 3.64. The summed E-state index contributed by atoms with van der Waals surface area (Å²) in [6, 6.07) is 6.02. The van der Waals surface area contributed by atoms with E-state index in [0.29, 0.717) is 5.92 Å². The molecule has 0 spiro atoms. The van der Waals surface area contributed by atoms with Crippen LogP contribution in [0.15, 0.2) is 18.2 Å². The Morgan fingerprint density at radius 1 is 1.06 bits per heavy atom. The zero-order valence-electron chi connectivity index (χ0n) is 10.9. The van der Waals surface area contributed by atoms with Crippen molar-refractivity contribution in [2.24, 2.45) is 17.8 Å². The van der Waals surface area contributed by atoms with E-state index in [1.807, 2.05) is 12.1 Å². The van der Waals surface area contributed by atoms with Crippen LogP contribution in [0.1, 0.15) is 30.2 Å². The van der Waals surface area contributed by atoms with Crippen LogP contribution >= 0.6 is 11.6 Å². The number of fused-ring (bicyclic) bond motifs is 1. The van der Waals surface area contributed by atoms with E-state index in [2.05, 4.69) is 6.07 Å². The van der Waals surface area contributed by atoms with Crippen molar-refractivity contribution in [3.05, 3.63) is 23.8 Å². The van der Waals surface area contributed by atoms with E-state index in [0.717, 1.165) is 28.9 Å². The van der Waals surface area contributed by atoms with Crippen molar-refractivity contribution in [2.45, 2.75) is 24.6 Å². The van der Waals surface area contributed by atoms with Crippen LogP contribution in [0.5, 0.6) is 11.5 Å². The number of rotatable bonds is 4. The van der Waals surface area contributed by atoms with Gasteiger partial charge in [-0.2, -0.15) is 0 Å². The van der Waals surface area contributed by atoms with Gasteiger partial charge in [0.25, 0.3) is 0 Å². The van der Waals surface area contributed by atoms with E-state index in [1.54, 1.807) is 14.2 Å². The van der Waals surface area contributed by atoms with Gasteiger partial charge in [-0.05, 0) is 54.7 Å². The third-order valence-corrected chi connectivity index (χ3v) is 5.03. The molecule has 0 bridgehead atoms. The molecule has 0 radical (unpaired) electrons. The second-order valence-electron chi connectivity index (χ2n) is 5.50. The van der Waals surface area contributed by atoms with Crippen LogP contribution in [0.4, 0.5) is 0 Å². The summed E-state index contributed by atoms with van der Waals surface area (Å²) in [6.45, 7) is 0. The minimum atomic E-state index is 0.109. The number of benzene rings is 1. The Labute approximate surface area is 113 Å². The molecule has 98 valence electrons. The average Bonchev–Trinajstić information content (AvgIpc) is 3.03. The zero-order valence-corrected chi connectivity index (χ0v) is 11.6. The molecule has 3 atom stereocenters. The highest BCUT2D eigenvalue weighted by molar-refractivity contribution is 6.21. The van der Waals surface area contributed by atoms with E-state index in [9.17, 15) is 0 Å². The normalized spacial score (nSPS) is 30.7. The fourth-order valence-electron chi connectivity index (χ4n) is 3.30. The van der Waals surface area contributed by atoms with Gasteiger partial charge in [-0.15, -0.1) is 11.6 Å². The van der Waals surface area contributed by atoms with E-state index < -0.39 is 0 Å². The van der Waals surface area contributed by atoms with Crippen LogP contribution in [0.3, 0.4) is 0 Å². The molecular formula is C15H19ClO2. The van der Waals surface area contributed by atoms with Gasteiger partial charge in [-0.3, -0.25) is 0 Å². The number of halogens is 1. The van der Waals surface area contributed by atoms with Crippen LogP contribution in [0.2, 0.25) is 0 Å². The molecular weight excluding hydrogens is 248 g/mol. The second-order valence-corrected chi connectivity index (χ2v) is 5.97. The lowest BCUT2D eigenvalue weighted by Crippen LogP contribution is -2.06. The van der Waals surface area contributed by atoms with Crippen LogP contribution in [-0.2, 0) is 0 Å². The molecule has 0 N–H and O–H groups in total. The average molecular weight is 267 g/mol. The molecule has 2 aliphatic rings. The number of hydrogen-bond acceptors (Lipinski definition) is 2. The maximum atomic E-state index is 6.63. The first-order chi connectivity index (χ1) is 8.72. The Hall–Kier alpha value is -0.890. The third kappa shape index (κ3) is 2.07. The van der Waals surface area contributed by atoms with Crippen molar-refractivity contribution in [1.29, 1.82) is 0 Å². The quantitative estimate of drug-likeness (QED) is 0.766. The summed E-state index contributed by atoms with van der Waals surface area (Å²) in [4.78, 5) is 0. The number of methoxy groups -OCH3 is 2. The molecule has 0 heterocycles. The van der Waals surface area contributed by atoms with Crippen molar-refractivity contribution in [3.63, 3.8) is 0 Å². The smallest absolute Gasteiger partial charge is 0.161 e. The van der Waals surface area contributed by atoms with Crippen molar-refractivity contribution in [2.75, 3.05) is 14.2 Å². The van der Waals surface area contributed by atoms with Gasteiger partial charge in [0.15, 0.2) is 11.5 Å². The zero-order chi connectivity index (χ0) is 12.7. The summed E-state index contributed by atoms with van der Waals surface area (Å²) in [7, 11) is 3.32. The minimum absolute atomic E-state index is 0.109.